The van der Waals surface area contributed by atoms with Gasteiger partial charge in [-0.15, -0.1) is 11.3 Å². The third-order valence-corrected chi connectivity index (χ3v) is 4.70. The van der Waals surface area contributed by atoms with Crippen LogP contribution in [0.15, 0.2) is 50.5 Å². The van der Waals surface area contributed by atoms with Crippen molar-refractivity contribution in [3.8, 4) is 5.69 Å². The van der Waals surface area contributed by atoms with E-state index in [4.69, 9.17) is 4.84 Å². The molecule has 3 aromatic rings. The van der Waals surface area contributed by atoms with Crippen LogP contribution in [0.1, 0.15) is 12.6 Å². The molecule has 27 heavy (non-hydrogen) atoms. The first-order valence-electron chi connectivity index (χ1n) is 7.82. The normalized spacial score (nSPS) is 12.6. The molecule has 0 radical (unpaired) electrons. The highest BCUT2D eigenvalue weighted by molar-refractivity contribution is 7.16. The van der Waals surface area contributed by atoms with E-state index in [9.17, 15) is 22.8 Å². The number of benzene rings is 1. The standard InChI is InChI=1S/C17H14F3N3O3S/c1-3-26-21-12-6-7-27-13-5-4-10(8-11(12)13)23-15(24)9-14(17(18,19)20)22(2)16(23)25/h4-9H,3H2,1-2H3/b21-12+. The van der Waals surface area contributed by atoms with Crippen LogP contribution >= 0.6 is 11.3 Å². The Kier molecular flexibility index (Phi) is 4.92. The molecule has 0 N–H and O–H groups in total. The Hall–Kier alpha value is -2.88. The lowest BCUT2D eigenvalue weighted by Gasteiger charge is -2.14. The molecule has 2 heterocycles. The predicted molar refractivity (Wildman–Crippen MR) is 94.9 cm³/mol. The second kappa shape index (κ2) is 7.03. The molecule has 0 spiro atoms. The van der Waals surface area contributed by atoms with E-state index in [1.165, 1.54) is 23.5 Å². The zero-order chi connectivity index (χ0) is 19.8. The molecule has 0 aliphatic heterocycles. The van der Waals surface area contributed by atoms with Gasteiger partial charge in [0.05, 0.1) is 5.69 Å². The minimum Gasteiger partial charge on any atom is -0.396 e. The van der Waals surface area contributed by atoms with Gasteiger partial charge in [0.25, 0.3) is 5.56 Å². The highest BCUT2D eigenvalue weighted by Crippen LogP contribution is 2.27. The number of halogens is 3. The summed E-state index contributed by atoms with van der Waals surface area (Å²) in [5.41, 5.74) is -3.30. The molecule has 0 saturated carbocycles. The molecule has 1 aromatic carbocycles. The van der Waals surface area contributed by atoms with Gasteiger partial charge < -0.3 is 4.84 Å². The molecule has 0 atom stereocenters. The average Bonchev–Trinajstić information content (AvgIpc) is 2.62. The van der Waals surface area contributed by atoms with Gasteiger partial charge in [-0.1, -0.05) is 5.16 Å². The van der Waals surface area contributed by atoms with Gasteiger partial charge in [0.15, 0.2) is 0 Å². The molecule has 0 bridgehead atoms. The van der Waals surface area contributed by atoms with Crippen molar-refractivity contribution in [1.82, 2.24) is 9.13 Å². The SMILES string of the molecule is CCO/N=c1\ccsc2ccc(-n3c(=O)cc(C(F)(F)F)n(C)c3=O)cc12. The van der Waals surface area contributed by atoms with Gasteiger partial charge in [0, 0.05) is 23.2 Å². The van der Waals surface area contributed by atoms with E-state index < -0.39 is 23.1 Å². The van der Waals surface area contributed by atoms with Gasteiger partial charge in [0.2, 0.25) is 0 Å². The van der Waals surface area contributed by atoms with Crippen molar-refractivity contribution in [2.45, 2.75) is 13.1 Å². The third-order valence-electron chi connectivity index (χ3n) is 3.82. The molecule has 6 nitrogen and oxygen atoms in total. The highest BCUT2D eigenvalue weighted by atomic mass is 32.1. The van der Waals surface area contributed by atoms with Gasteiger partial charge in [-0.3, -0.25) is 9.36 Å². The molecule has 0 saturated heterocycles. The van der Waals surface area contributed by atoms with Crippen LogP contribution in [0.5, 0.6) is 0 Å². The summed E-state index contributed by atoms with van der Waals surface area (Å²) in [5, 5.41) is 6.90. The highest BCUT2D eigenvalue weighted by Gasteiger charge is 2.35. The molecule has 0 aliphatic carbocycles. The van der Waals surface area contributed by atoms with Crippen molar-refractivity contribution in [2.75, 3.05) is 6.61 Å². The number of hydrogen-bond donors (Lipinski definition) is 0. The Morgan fingerprint density at radius 3 is 2.59 bits per heavy atom. The van der Waals surface area contributed by atoms with Gasteiger partial charge in [0.1, 0.15) is 17.7 Å². The van der Waals surface area contributed by atoms with E-state index in [0.717, 1.165) is 11.7 Å². The largest absolute Gasteiger partial charge is 0.431 e. The van der Waals surface area contributed by atoms with Crippen LogP contribution in [-0.2, 0) is 18.1 Å². The summed E-state index contributed by atoms with van der Waals surface area (Å²) < 4.78 is 40.9. The van der Waals surface area contributed by atoms with Crippen molar-refractivity contribution in [3.63, 3.8) is 0 Å². The average molecular weight is 397 g/mol. The summed E-state index contributed by atoms with van der Waals surface area (Å²) >= 11 is 1.41. The summed E-state index contributed by atoms with van der Waals surface area (Å²) in [6, 6.07) is 6.81. The number of hydrogen-bond acceptors (Lipinski definition) is 5. The Morgan fingerprint density at radius 1 is 1.19 bits per heavy atom. The predicted octanol–water partition coefficient (Wildman–Crippen LogP) is 2.62. The Morgan fingerprint density at radius 2 is 1.93 bits per heavy atom. The van der Waals surface area contributed by atoms with E-state index in [2.05, 4.69) is 5.16 Å². The molecular formula is C17H14F3N3O3S. The zero-order valence-electron chi connectivity index (χ0n) is 14.3. The summed E-state index contributed by atoms with van der Waals surface area (Å²) in [5.74, 6) is 0. The van der Waals surface area contributed by atoms with E-state index in [1.807, 2.05) is 5.38 Å². The first-order chi connectivity index (χ1) is 12.7. The molecule has 3 rings (SSSR count). The van der Waals surface area contributed by atoms with E-state index in [1.54, 1.807) is 19.1 Å². The number of aromatic nitrogens is 2. The molecule has 0 fully saturated rings. The summed E-state index contributed by atoms with van der Waals surface area (Å²) in [6.45, 7) is 2.13. The molecule has 0 aliphatic rings. The summed E-state index contributed by atoms with van der Waals surface area (Å²) in [7, 11) is 0.972. The van der Waals surface area contributed by atoms with Gasteiger partial charge in [-0.05, 0) is 36.6 Å². The maximum Gasteiger partial charge on any atom is 0.431 e. The quantitative estimate of drug-likeness (QED) is 0.639. The Labute approximate surface area is 154 Å². The van der Waals surface area contributed by atoms with Crippen molar-refractivity contribution in [3.05, 3.63) is 67.6 Å². The monoisotopic (exact) mass is 397 g/mol. The van der Waals surface area contributed by atoms with Crippen molar-refractivity contribution in [1.29, 1.82) is 0 Å². The Bertz CT molecular complexity index is 1190. The molecule has 0 unspecified atom stereocenters. The Balaban J connectivity index is 2.29. The van der Waals surface area contributed by atoms with Crippen LogP contribution in [0, 0.1) is 0 Å². The number of alkyl halides is 3. The minimum absolute atomic E-state index is 0.146. The van der Waals surface area contributed by atoms with Crippen LogP contribution in [0.2, 0.25) is 0 Å². The fourth-order valence-electron chi connectivity index (χ4n) is 2.57. The minimum atomic E-state index is -4.80. The van der Waals surface area contributed by atoms with Crippen molar-refractivity contribution >= 4 is 21.4 Å². The first kappa shape index (κ1) is 18.9. The smallest absolute Gasteiger partial charge is 0.396 e. The first-order valence-corrected chi connectivity index (χ1v) is 8.70. The van der Waals surface area contributed by atoms with Crippen molar-refractivity contribution in [2.24, 2.45) is 12.2 Å². The van der Waals surface area contributed by atoms with E-state index >= 15 is 0 Å². The summed E-state index contributed by atoms with van der Waals surface area (Å²) in [4.78, 5) is 29.8. The van der Waals surface area contributed by atoms with Gasteiger partial charge in [-0.2, -0.15) is 13.2 Å². The van der Waals surface area contributed by atoms with Crippen LogP contribution in [-0.4, -0.2) is 15.7 Å². The number of rotatable bonds is 3. The fourth-order valence-corrected chi connectivity index (χ4v) is 3.35. The lowest BCUT2D eigenvalue weighted by molar-refractivity contribution is -0.144. The molecule has 142 valence electrons. The van der Waals surface area contributed by atoms with Crippen LogP contribution in [0.3, 0.4) is 0 Å². The molecule has 0 amide bonds. The van der Waals surface area contributed by atoms with Gasteiger partial charge >= 0.3 is 11.9 Å². The van der Waals surface area contributed by atoms with E-state index in [0.29, 0.717) is 32.6 Å². The van der Waals surface area contributed by atoms with Crippen molar-refractivity contribution < 1.29 is 18.0 Å². The van der Waals surface area contributed by atoms with Crippen LogP contribution in [0.25, 0.3) is 15.8 Å². The lowest BCUT2D eigenvalue weighted by Crippen LogP contribution is -2.40. The maximum absolute atomic E-state index is 13.0. The molecular weight excluding hydrogens is 383 g/mol. The molecule has 2 aromatic heterocycles. The third kappa shape index (κ3) is 3.52. The zero-order valence-corrected chi connectivity index (χ0v) is 15.1. The second-order valence-corrected chi connectivity index (χ2v) is 6.49. The fraction of sp³-hybridized carbons (Fsp3) is 0.235. The lowest BCUT2D eigenvalue weighted by atomic mass is 10.2. The maximum atomic E-state index is 13.0. The van der Waals surface area contributed by atoms with Gasteiger partial charge in [-0.25, -0.2) is 9.36 Å². The topological polar surface area (TPSA) is 65.6 Å². The second-order valence-electron chi connectivity index (χ2n) is 5.54. The molecule has 10 heteroatoms. The summed E-state index contributed by atoms with van der Waals surface area (Å²) in [6.07, 6.45) is -4.80. The van der Waals surface area contributed by atoms with E-state index in [-0.39, 0.29) is 5.69 Å². The number of nitrogens with zero attached hydrogens (tertiary/aromatic N) is 3. The van der Waals surface area contributed by atoms with Crippen LogP contribution < -0.4 is 16.6 Å². The number of fused-ring (bicyclic) bond motifs is 1. The van der Waals surface area contributed by atoms with Crippen LogP contribution in [0.4, 0.5) is 13.2 Å².